The number of benzene rings is 1. The van der Waals surface area contributed by atoms with Gasteiger partial charge in [0.2, 0.25) is 0 Å². The van der Waals surface area contributed by atoms with E-state index in [0.717, 1.165) is 6.07 Å². The molecule has 3 N–H and O–H groups in total. The van der Waals surface area contributed by atoms with Crippen molar-refractivity contribution in [2.24, 2.45) is 5.41 Å². The molecule has 5 heteroatoms. The Balaban J connectivity index is 3.25. The molecule has 0 bridgehead atoms. The third-order valence-electron chi connectivity index (χ3n) is 3.47. The van der Waals surface area contributed by atoms with E-state index in [9.17, 15) is 20.1 Å². The first-order valence-electron chi connectivity index (χ1n) is 6.06. The number of carbonyl (C=O) groups excluding carboxylic acids is 1. The molecule has 0 aliphatic rings. The van der Waals surface area contributed by atoms with E-state index in [4.69, 9.17) is 4.74 Å². The summed E-state index contributed by atoms with van der Waals surface area (Å²) in [7, 11) is 0. The molecule has 0 spiro atoms. The Morgan fingerprint density at radius 3 is 2.05 bits per heavy atom. The molecule has 1 aromatic carbocycles. The highest BCUT2D eigenvalue weighted by Gasteiger charge is 2.48. The lowest BCUT2D eigenvalue weighted by atomic mass is 9.72. The van der Waals surface area contributed by atoms with Crippen molar-refractivity contribution in [3.63, 3.8) is 0 Å². The van der Waals surface area contributed by atoms with Crippen molar-refractivity contribution in [3.05, 3.63) is 23.8 Å². The monoisotopic (exact) mass is 268 g/mol. The first-order chi connectivity index (χ1) is 8.62. The number of aromatic hydroxyl groups is 2. The van der Waals surface area contributed by atoms with E-state index in [1.807, 2.05) is 0 Å². The highest BCUT2D eigenvalue weighted by molar-refractivity contribution is 5.78. The summed E-state index contributed by atoms with van der Waals surface area (Å²) in [6.45, 7) is 6.43. The fraction of sp³-hybridized carbons (Fsp3) is 0.500. The number of aliphatic hydroxyl groups is 1. The van der Waals surface area contributed by atoms with Crippen LogP contribution in [-0.4, -0.2) is 27.9 Å². The fourth-order valence-corrected chi connectivity index (χ4v) is 1.75. The summed E-state index contributed by atoms with van der Waals surface area (Å²) in [6, 6.07) is 3.76. The molecule has 0 aromatic heterocycles. The van der Waals surface area contributed by atoms with Gasteiger partial charge in [-0.15, -0.1) is 0 Å². The van der Waals surface area contributed by atoms with E-state index < -0.39 is 17.0 Å². The Kier molecular flexibility index (Phi) is 4.10. The predicted octanol–water partition coefficient (Wildman–Crippen LogP) is 1.89. The number of hydrogen-bond donors (Lipinski definition) is 3. The average Bonchev–Trinajstić information content (AvgIpc) is 2.27. The summed E-state index contributed by atoms with van der Waals surface area (Å²) in [5.74, 6) is -0.923. The maximum absolute atomic E-state index is 11.9. The van der Waals surface area contributed by atoms with E-state index in [0.29, 0.717) is 0 Å². The average molecular weight is 268 g/mol. The van der Waals surface area contributed by atoms with E-state index in [-0.39, 0.29) is 23.7 Å². The molecule has 0 saturated carbocycles. The van der Waals surface area contributed by atoms with Gasteiger partial charge in [-0.3, -0.25) is 4.79 Å². The van der Waals surface area contributed by atoms with E-state index in [1.165, 1.54) is 19.1 Å². The number of esters is 1. The number of ether oxygens (including phenoxy) is 1. The third kappa shape index (κ3) is 2.81. The van der Waals surface area contributed by atoms with Gasteiger partial charge in [0, 0.05) is 6.07 Å². The molecule has 1 unspecified atom stereocenters. The van der Waals surface area contributed by atoms with Crippen LogP contribution < -0.4 is 0 Å². The molecule has 0 heterocycles. The SMILES string of the molecule is CCOC(=O)C(C)(C)C(C)(O)c1cc(O)cc(O)c1. The minimum absolute atomic E-state index is 0.185. The molecule has 0 amide bonds. The topological polar surface area (TPSA) is 87.0 Å². The smallest absolute Gasteiger partial charge is 0.314 e. The maximum atomic E-state index is 11.9. The second kappa shape index (κ2) is 5.09. The highest BCUT2D eigenvalue weighted by atomic mass is 16.5. The molecule has 1 atom stereocenters. The first kappa shape index (κ1) is 15.3. The van der Waals surface area contributed by atoms with Gasteiger partial charge in [0.15, 0.2) is 0 Å². The minimum atomic E-state index is -1.60. The molecule has 1 aromatic rings. The largest absolute Gasteiger partial charge is 0.508 e. The molecular weight excluding hydrogens is 248 g/mol. The van der Waals surface area contributed by atoms with Crippen molar-refractivity contribution < 1.29 is 24.9 Å². The van der Waals surface area contributed by atoms with Crippen LogP contribution in [0.1, 0.15) is 33.3 Å². The van der Waals surface area contributed by atoms with Gasteiger partial charge in [0.25, 0.3) is 0 Å². The van der Waals surface area contributed by atoms with Gasteiger partial charge in [-0.25, -0.2) is 0 Å². The Bertz CT molecular complexity index is 456. The Morgan fingerprint density at radius 2 is 1.63 bits per heavy atom. The van der Waals surface area contributed by atoms with Crippen molar-refractivity contribution >= 4 is 5.97 Å². The molecule has 0 aliphatic heterocycles. The Morgan fingerprint density at radius 1 is 1.16 bits per heavy atom. The van der Waals surface area contributed by atoms with Gasteiger partial charge in [-0.2, -0.15) is 0 Å². The van der Waals surface area contributed by atoms with Crippen molar-refractivity contribution in [1.29, 1.82) is 0 Å². The molecule has 19 heavy (non-hydrogen) atoms. The molecule has 106 valence electrons. The van der Waals surface area contributed by atoms with E-state index in [1.54, 1.807) is 20.8 Å². The summed E-state index contributed by atoms with van der Waals surface area (Å²) in [4.78, 5) is 11.9. The van der Waals surface area contributed by atoms with Crippen molar-refractivity contribution in [3.8, 4) is 11.5 Å². The minimum Gasteiger partial charge on any atom is -0.508 e. The zero-order valence-electron chi connectivity index (χ0n) is 11.6. The molecule has 0 saturated heterocycles. The molecule has 5 nitrogen and oxygen atoms in total. The zero-order valence-corrected chi connectivity index (χ0v) is 11.6. The normalized spacial score (nSPS) is 14.8. The van der Waals surface area contributed by atoms with Gasteiger partial charge in [0.1, 0.15) is 17.1 Å². The van der Waals surface area contributed by atoms with Gasteiger partial charge in [-0.1, -0.05) is 0 Å². The van der Waals surface area contributed by atoms with Crippen molar-refractivity contribution in [2.45, 2.75) is 33.3 Å². The first-order valence-corrected chi connectivity index (χ1v) is 6.06. The summed E-state index contributed by atoms with van der Waals surface area (Å²) in [5.41, 5.74) is -2.60. The van der Waals surface area contributed by atoms with E-state index >= 15 is 0 Å². The van der Waals surface area contributed by atoms with Crippen LogP contribution in [0.5, 0.6) is 11.5 Å². The third-order valence-corrected chi connectivity index (χ3v) is 3.47. The number of phenolic OH excluding ortho intramolecular Hbond substituents is 2. The summed E-state index contributed by atoms with van der Waals surface area (Å²) in [5, 5.41) is 29.6. The summed E-state index contributed by atoms with van der Waals surface area (Å²) < 4.78 is 4.95. The van der Waals surface area contributed by atoms with Gasteiger partial charge >= 0.3 is 5.97 Å². The number of carbonyl (C=O) groups is 1. The fourth-order valence-electron chi connectivity index (χ4n) is 1.75. The summed E-state index contributed by atoms with van der Waals surface area (Å²) >= 11 is 0. The Hall–Kier alpha value is -1.75. The van der Waals surface area contributed by atoms with Crippen LogP contribution in [0.15, 0.2) is 18.2 Å². The second-order valence-electron chi connectivity index (χ2n) is 5.16. The Labute approximate surface area is 112 Å². The maximum Gasteiger partial charge on any atom is 0.314 e. The van der Waals surface area contributed by atoms with E-state index in [2.05, 4.69) is 0 Å². The van der Waals surface area contributed by atoms with Crippen LogP contribution in [0, 0.1) is 5.41 Å². The van der Waals surface area contributed by atoms with Crippen LogP contribution in [0.4, 0.5) is 0 Å². The van der Waals surface area contributed by atoms with Crippen LogP contribution in [0.2, 0.25) is 0 Å². The van der Waals surface area contributed by atoms with Crippen molar-refractivity contribution in [2.75, 3.05) is 6.61 Å². The quantitative estimate of drug-likeness (QED) is 0.726. The molecule has 0 fully saturated rings. The van der Waals surface area contributed by atoms with Crippen LogP contribution >= 0.6 is 0 Å². The molecule has 1 rings (SSSR count). The number of rotatable bonds is 4. The lowest BCUT2D eigenvalue weighted by Crippen LogP contribution is -2.46. The van der Waals surface area contributed by atoms with Crippen LogP contribution in [0.3, 0.4) is 0 Å². The standard InChI is InChI=1S/C14H20O5/c1-5-19-12(17)13(2,3)14(4,18)9-6-10(15)8-11(16)7-9/h6-8,15-16,18H,5H2,1-4H3. The predicted molar refractivity (Wildman–Crippen MR) is 69.8 cm³/mol. The lowest BCUT2D eigenvalue weighted by molar-refractivity contribution is -0.170. The number of phenols is 2. The highest BCUT2D eigenvalue weighted by Crippen LogP contribution is 2.42. The van der Waals surface area contributed by atoms with Crippen LogP contribution in [0.25, 0.3) is 0 Å². The van der Waals surface area contributed by atoms with Gasteiger partial charge < -0.3 is 20.1 Å². The van der Waals surface area contributed by atoms with Crippen molar-refractivity contribution in [1.82, 2.24) is 0 Å². The van der Waals surface area contributed by atoms with Gasteiger partial charge in [0.05, 0.1) is 12.0 Å². The number of hydrogen-bond acceptors (Lipinski definition) is 5. The van der Waals surface area contributed by atoms with Crippen LogP contribution in [-0.2, 0) is 15.1 Å². The summed E-state index contributed by atoms with van der Waals surface area (Å²) in [6.07, 6.45) is 0. The zero-order chi connectivity index (χ0) is 14.8. The lowest BCUT2D eigenvalue weighted by Gasteiger charge is -2.38. The van der Waals surface area contributed by atoms with Gasteiger partial charge in [-0.05, 0) is 45.4 Å². The second-order valence-corrected chi connectivity index (χ2v) is 5.16. The molecule has 0 aliphatic carbocycles. The molecular formula is C14H20O5. The molecule has 0 radical (unpaired) electrons.